The van der Waals surface area contributed by atoms with Crippen LogP contribution in [0.15, 0.2) is 0 Å². The summed E-state index contributed by atoms with van der Waals surface area (Å²) in [5.74, 6) is 0.0263. The maximum absolute atomic E-state index is 10.6. The maximum atomic E-state index is 10.6. The van der Waals surface area contributed by atoms with E-state index in [0.29, 0.717) is 6.42 Å². The van der Waals surface area contributed by atoms with Crippen molar-refractivity contribution in [1.29, 1.82) is 0 Å². The Balaban J connectivity index is 0. The quantitative estimate of drug-likeness (QED) is 0.497. The van der Waals surface area contributed by atoms with Crippen LogP contribution in [0.2, 0.25) is 0 Å². The van der Waals surface area contributed by atoms with E-state index in [1.54, 1.807) is 0 Å². The van der Waals surface area contributed by atoms with Crippen LogP contribution in [-0.2, 0) is 26.7 Å². The van der Waals surface area contributed by atoms with Gasteiger partial charge in [-0.2, -0.15) is 0 Å². The number of carbonyl (C=O) groups is 2. The summed E-state index contributed by atoms with van der Waals surface area (Å²) in [7, 11) is 0. The van der Waals surface area contributed by atoms with E-state index >= 15 is 0 Å². The number of ketones is 2. The van der Waals surface area contributed by atoms with E-state index in [4.69, 9.17) is 0 Å². The van der Waals surface area contributed by atoms with Gasteiger partial charge in [0.15, 0.2) is 0 Å². The third-order valence-electron chi connectivity index (χ3n) is 0.975. The predicted molar refractivity (Wildman–Crippen MR) is 35.2 cm³/mol. The second-order valence-electron chi connectivity index (χ2n) is 2.17. The van der Waals surface area contributed by atoms with Crippen molar-refractivity contribution in [2.75, 3.05) is 0 Å². The van der Waals surface area contributed by atoms with E-state index in [1.165, 1.54) is 6.92 Å². The first-order valence-electron chi connectivity index (χ1n) is 3.18. The molecule has 0 aromatic heterocycles. The second kappa shape index (κ2) is 6.97. The summed E-state index contributed by atoms with van der Waals surface area (Å²) in [5.41, 5.74) is 0. The van der Waals surface area contributed by atoms with E-state index < -0.39 is 0 Å². The first kappa shape index (κ1) is 12.5. The zero-order chi connectivity index (χ0) is 7.28. The molecule has 0 N–H and O–H groups in total. The Morgan fingerprint density at radius 2 is 1.80 bits per heavy atom. The van der Waals surface area contributed by atoms with Gasteiger partial charge in [-0.05, 0) is 13.3 Å². The monoisotopic (exact) mass is 191 g/mol. The summed E-state index contributed by atoms with van der Waals surface area (Å²) in [6.07, 6.45) is 1.50. The Labute approximate surface area is 71.8 Å². The van der Waals surface area contributed by atoms with Crippen LogP contribution in [0.5, 0.6) is 0 Å². The van der Waals surface area contributed by atoms with Crippen LogP contribution in [0.1, 0.15) is 33.1 Å². The van der Waals surface area contributed by atoms with Crippen LogP contribution >= 0.6 is 0 Å². The van der Waals surface area contributed by atoms with Gasteiger partial charge in [0.1, 0.15) is 11.6 Å². The summed E-state index contributed by atoms with van der Waals surface area (Å²) in [5, 5.41) is 0. The molecular weight excluding hydrogens is 180 g/mol. The molecule has 0 aromatic rings. The predicted octanol–water partition coefficient (Wildman–Crippen LogP) is 1.33. The smallest absolute Gasteiger partial charge is 0.140 e. The van der Waals surface area contributed by atoms with Crippen molar-refractivity contribution in [2.45, 2.75) is 33.1 Å². The molecule has 0 fully saturated rings. The van der Waals surface area contributed by atoms with Crippen molar-refractivity contribution in [3.05, 3.63) is 0 Å². The zero-order valence-corrected chi connectivity index (χ0v) is 7.18. The number of Topliss-reactive ketones (excluding diaryl/α,β-unsaturated/α-hetero) is 2. The maximum Gasteiger partial charge on any atom is 0.140 e. The number of carbonyl (C=O) groups excluding carboxylic acids is 2. The largest absolute Gasteiger partial charge is 0.300 e. The van der Waals surface area contributed by atoms with Crippen LogP contribution < -0.4 is 0 Å². The number of hydrogen-bond acceptors (Lipinski definition) is 2. The molecule has 0 saturated heterocycles. The molecule has 0 aliphatic rings. The van der Waals surface area contributed by atoms with Crippen molar-refractivity contribution in [3.8, 4) is 0 Å². The molecule has 10 heavy (non-hydrogen) atoms. The summed E-state index contributed by atoms with van der Waals surface area (Å²) in [6, 6.07) is 0. The van der Waals surface area contributed by atoms with Crippen LogP contribution in [0.25, 0.3) is 0 Å². The average molecular weight is 192 g/mol. The summed E-state index contributed by atoms with van der Waals surface area (Å²) in [4.78, 5) is 20.9. The summed E-state index contributed by atoms with van der Waals surface area (Å²) < 4.78 is 0. The molecule has 0 aromatic carbocycles. The van der Waals surface area contributed by atoms with Crippen molar-refractivity contribution in [2.24, 2.45) is 0 Å². The molecule has 0 saturated carbocycles. The van der Waals surface area contributed by atoms with Crippen LogP contribution in [0.3, 0.4) is 0 Å². The Bertz CT molecular complexity index is 121. The zero-order valence-electron chi connectivity index (χ0n) is 6.24. The van der Waals surface area contributed by atoms with E-state index in [9.17, 15) is 9.59 Å². The minimum absolute atomic E-state index is 0. The number of hydrogen-bond donors (Lipinski definition) is 0. The number of rotatable bonds is 4. The molecule has 1 radical (unpaired) electrons. The van der Waals surface area contributed by atoms with Gasteiger partial charge in [0, 0.05) is 23.5 Å². The fraction of sp³-hybridized carbons (Fsp3) is 0.714. The van der Waals surface area contributed by atoms with Gasteiger partial charge in [0.2, 0.25) is 0 Å². The van der Waals surface area contributed by atoms with Crippen LogP contribution in [-0.4, -0.2) is 11.6 Å². The second-order valence-corrected chi connectivity index (χ2v) is 2.17. The average Bonchev–Trinajstić information content (AvgIpc) is 1.63. The first-order chi connectivity index (χ1) is 4.16. The Hall–Kier alpha value is -0.141. The van der Waals surface area contributed by atoms with Gasteiger partial charge in [-0.3, -0.25) is 9.59 Å². The van der Waals surface area contributed by atoms with E-state index in [2.05, 4.69) is 0 Å². The van der Waals surface area contributed by atoms with Crippen molar-refractivity contribution in [1.82, 2.24) is 0 Å². The van der Waals surface area contributed by atoms with Crippen LogP contribution in [0.4, 0.5) is 0 Å². The van der Waals surface area contributed by atoms with Gasteiger partial charge in [-0.25, -0.2) is 0 Å². The minimum Gasteiger partial charge on any atom is -0.300 e. The molecule has 0 aliphatic carbocycles. The summed E-state index contributed by atoms with van der Waals surface area (Å²) in [6.45, 7) is 3.37. The van der Waals surface area contributed by atoms with E-state index in [0.717, 1.165) is 6.42 Å². The van der Waals surface area contributed by atoms with Gasteiger partial charge in [-0.15, -0.1) is 0 Å². The van der Waals surface area contributed by atoms with Crippen molar-refractivity contribution >= 4 is 11.6 Å². The van der Waals surface area contributed by atoms with Gasteiger partial charge >= 0.3 is 0 Å². The van der Waals surface area contributed by atoms with Crippen molar-refractivity contribution < 1.29 is 26.7 Å². The normalized spacial score (nSPS) is 8.20. The van der Waals surface area contributed by atoms with Gasteiger partial charge in [0.25, 0.3) is 0 Å². The Kier molecular flexibility index (Phi) is 8.73. The molecule has 0 bridgehead atoms. The van der Waals surface area contributed by atoms with Crippen molar-refractivity contribution in [3.63, 3.8) is 0 Å². The Morgan fingerprint density at radius 3 is 2.10 bits per heavy atom. The molecular formula is C7H12CuO2. The molecule has 63 valence electrons. The third kappa shape index (κ3) is 7.86. The molecule has 2 nitrogen and oxygen atoms in total. The standard InChI is InChI=1S/C7H12O2.Cu/c1-3-4-7(9)5-6(2)8;/h3-5H2,1-2H3;. The fourth-order valence-corrected chi connectivity index (χ4v) is 0.645. The first-order valence-corrected chi connectivity index (χ1v) is 3.18. The van der Waals surface area contributed by atoms with Crippen LogP contribution in [0, 0.1) is 0 Å². The third-order valence-corrected chi connectivity index (χ3v) is 0.975. The molecule has 0 spiro atoms. The SMILES string of the molecule is CCCC(=O)CC(C)=O.[Cu]. The van der Waals surface area contributed by atoms with Gasteiger partial charge in [0.05, 0.1) is 6.42 Å². The molecule has 0 unspecified atom stereocenters. The minimum atomic E-state index is -0.0338. The van der Waals surface area contributed by atoms with Gasteiger partial charge < -0.3 is 0 Å². The molecule has 0 atom stereocenters. The molecule has 3 heteroatoms. The fourth-order valence-electron chi connectivity index (χ4n) is 0.645. The van der Waals surface area contributed by atoms with E-state index in [-0.39, 0.29) is 35.1 Å². The topological polar surface area (TPSA) is 34.1 Å². The molecule has 0 aliphatic heterocycles. The molecule has 0 rings (SSSR count). The molecule has 0 heterocycles. The summed E-state index contributed by atoms with van der Waals surface area (Å²) >= 11 is 0. The van der Waals surface area contributed by atoms with Gasteiger partial charge in [-0.1, -0.05) is 6.92 Å². The molecule has 0 amide bonds. The van der Waals surface area contributed by atoms with E-state index in [1.807, 2.05) is 6.92 Å². The Morgan fingerprint density at radius 1 is 1.30 bits per heavy atom.